The van der Waals surface area contributed by atoms with E-state index >= 15 is 0 Å². The number of hydrogen-bond donors (Lipinski definition) is 2. The fourth-order valence-electron chi connectivity index (χ4n) is 3.39. The normalized spacial score (nSPS) is 26.3. The number of amides is 4. The quantitative estimate of drug-likeness (QED) is 0.640. The van der Waals surface area contributed by atoms with E-state index in [2.05, 4.69) is 11.0 Å². The minimum Gasteiger partial charge on any atom is -0.341 e. The molecule has 2 saturated heterocycles. The number of carbonyl (C=O) groups excluding carboxylic acids is 4. The molecule has 2 heterocycles. The topological polar surface area (TPSA) is 117 Å². The molecule has 3 rings (SSSR count). The van der Waals surface area contributed by atoms with Crippen molar-refractivity contribution in [1.82, 2.24) is 20.8 Å². The number of benzene rings is 1. The summed E-state index contributed by atoms with van der Waals surface area (Å²) < 4.78 is 0. The van der Waals surface area contributed by atoms with Crippen molar-refractivity contribution in [3.63, 3.8) is 0 Å². The van der Waals surface area contributed by atoms with E-state index in [1.807, 2.05) is 13.8 Å². The van der Waals surface area contributed by atoms with Gasteiger partial charge in [-0.3, -0.25) is 28.9 Å². The van der Waals surface area contributed by atoms with Crippen molar-refractivity contribution in [2.45, 2.75) is 51.0 Å². The van der Waals surface area contributed by atoms with Crippen LogP contribution in [0.2, 0.25) is 0 Å². The second kappa shape index (κ2) is 8.80. The minimum atomic E-state index is -0.738. The molecule has 30 heavy (non-hydrogen) atoms. The number of hydrogen-bond acceptors (Lipinski definition) is 6. The van der Waals surface area contributed by atoms with Gasteiger partial charge in [-0.15, -0.1) is 0 Å². The van der Waals surface area contributed by atoms with E-state index < -0.39 is 24.0 Å². The molecular weight excluding hydrogens is 392 g/mol. The molecule has 4 amide bonds. The summed E-state index contributed by atoms with van der Waals surface area (Å²) >= 11 is 0. The van der Waals surface area contributed by atoms with Gasteiger partial charge < -0.3 is 9.80 Å². The first-order chi connectivity index (χ1) is 14.2. The predicted octanol–water partition coefficient (Wildman–Crippen LogP) is 0.248. The fraction of sp³-hybridized carbons (Fsp3) is 0.500. The van der Waals surface area contributed by atoms with Gasteiger partial charge in [-0.2, -0.15) is 0 Å². The smallest absolute Gasteiger partial charge is 0.274 e. The maximum Gasteiger partial charge on any atom is 0.274 e. The standard InChI is InChI=1S/C20H26N4O6/c1-11-8-15(19(27)23(11)3)29-21-17(25)13-6-5-7-14(10-13)18(26)22-30-16-9-12(2)24(4)20(16)28/h5-7,10-12,15-16H,8-9H2,1-4H3,(H,21,25)(H,22,26)/t11?,12?,15-,16-/m1/s1. The summed E-state index contributed by atoms with van der Waals surface area (Å²) in [7, 11) is 3.36. The third kappa shape index (κ3) is 4.44. The molecule has 0 aromatic heterocycles. The molecule has 2 unspecified atom stereocenters. The first kappa shape index (κ1) is 21.7. The average Bonchev–Trinajstić information content (AvgIpc) is 3.14. The van der Waals surface area contributed by atoms with Crippen LogP contribution in [0.25, 0.3) is 0 Å². The van der Waals surface area contributed by atoms with Gasteiger partial charge in [0.2, 0.25) is 0 Å². The van der Waals surface area contributed by atoms with Crippen molar-refractivity contribution < 1.29 is 28.9 Å². The zero-order chi connectivity index (χ0) is 22.0. The van der Waals surface area contributed by atoms with Gasteiger partial charge in [0.1, 0.15) is 0 Å². The maximum atomic E-state index is 12.4. The van der Waals surface area contributed by atoms with Crippen LogP contribution >= 0.6 is 0 Å². The van der Waals surface area contributed by atoms with E-state index in [-0.39, 0.29) is 35.0 Å². The number of carbonyl (C=O) groups is 4. The lowest BCUT2D eigenvalue weighted by atomic mass is 10.1. The second-order valence-electron chi connectivity index (χ2n) is 7.72. The van der Waals surface area contributed by atoms with Crippen LogP contribution in [-0.4, -0.2) is 71.8 Å². The van der Waals surface area contributed by atoms with Gasteiger partial charge in [0.25, 0.3) is 23.6 Å². The Labute approximate surface area is 174 Å². The van der Waals surface area contributed by atoms with Crippen molar-refractivity contribution >= 4 is 23.6 Å². The Morgan fingerprint density at radius 2 is 1.27 bits per heavy atom. The molecule has 1 aromatic rings. The first-order valence-electron chi connectivity index (χ1n) is 9.74. The summed E-state index contributed by atoms with van der Waals surface area (Å²) in [5, 5.41) is 0. The first-order valence-corrected chi connectivity index (χ1v) is 9.74. The molecule has 10 heteroatoms. The van der Waals surface area contributed by atoms with Gasteiger partial charge in [-0.25, -0.2) is 11.0 Å². The summed E-state index contributed by atoms with van der Waals surface area (Å²) in [6.45, 7) is 3.79. The number of rotatable bonds is 6. The summed E-state index contributed by atoms with van der Waals surface area (Å²) in [6.07, 6.45) is -0.525. The van der Waals surface area contributed by atoms with Crippen molar-refractivity contribution in [1.29, 1.82) is 0 Å². The third-order valence-corrected chi connectivity index (χ3v) is 5.65. The average molecular weight is 418 g/mol. The van der Waals surface area contributed by atoms with Gasteiger partial charge >= 0.3 is 0 Å². The van der Waals surface area contributed by atoms with Crippen LogP contribution in [0.3, 0.4) is 0 Å². The molecule has 162 valence electrons. The molecule has 0 saturated carbocycles. The zero-order valence-corrected chi connectivity index (χ0v) is 17.4. The Kier molecular flexibility index (Phi) is 6.37. The summed E-state index contributed by atoms with van der Waals surface area (Å²) in [4.78, 5) is 62.4. The van der Waals surface area contributed by atoms with Gasteiger partial charge in [0, 0.05) is 50.1 Å². The number of hydroxylamine groups is 2. The molecule has 2 N–H and O–H groups in total. The molecule has 1 aromatic carbocycles. The van der Waals surface area contributed by atoms with Crippen LogP contribution in [0.1, 0.15) is 47.4 Å². The van der Waals surface area contributed by atoms with Crippen LogP contribution in [0.15, 0.2) is 24.3 Å². The van der Waals surface area contributed by atoms with Gasteiger partial charge in [-0.05, 0) is 32.0 Å². The Morgan fingerprint density at radius 3 is 1.60 bits per heavy atom. The van der Waals surface area contributed by atoms with Gasteiger partial charge in [0.05, 0.1) is 0 Å². The fourth-order valence-corrected chi connectivity index (χ4v) is 3.39. The molecule has 0 radical (unpaired) electrons. The minimum absolute atomic E-state index is 0.0287. The Balaban J connectivity index is 1.55. The Morgan fingerprint density at radius 1 is 0.867 bits per heavy atom. The second-order valence-corrected chi connectivity index (χ2v) is 7.72. The zero-order valence-electron chi connectivity index (χ0n) is 17.4. The summed E-state index contributed by atoms with van der Waals surface area (Å²) in [6, 6.07) is 5.99. The molecule has 2 aliphatic rings. The monoisotopic (exact) mass is 418 g/mol. The number of nitrogens with zero attached hydrogens (tertiary/aromatic N) is 2. The van der Waals surface area contributed by atoms with Crippen molar-refractivity contribution in [2.24, 2.45) is 0 Å². The van der Waals surface area contributed by atoms with E-state index in [1.165, 1.54) is 24.3 Å². The summed E-state index contributed by atoms with van der Waals surface area (Å²) in [5.41, 5.74) is 4.90. The van der Waals surface area contributed by atoms with Gasteiger partial charge in [0.15, 0.2) is 12.2 Å². The highest BCUT2D eigenvalue weighted by molar-refractivity contribution is 5.99. The third-order valence-electron chi connectivity index (χ3n) is 5.65. The highest BCUT2D eigenvalue weighted by Gasteiger charge is 2.37. The molecule has 2 aliphatic heterocycles. The van der Waals surface area contributed by atoms with E-state index in [0.717, 1.165) is 0 Å². The van der Waals surface area contributed by atoms with Crippen LogP contribution < -0.4 is 11.0 Å². The van der Waals surface area contributed by atoms with Crippen LogP contribution in [0.4, 0.5) is 0 Å². The lowest BCUT2D eigenvalue weighted by Crippen LogP contribution is -2.36. The predicted molar refractivity (Wildman–Crippen MR) is 105 cm³/mol. The van der Waals surface area contributed by atoms with E-state index in [1.54, 1.807) is 23.9 Å². The number of nitrogens with one attached hydrogen (secondary N) is 2. The summed E-state index contributed by atoms with van der Waals surface area (Å²) in [5.74, 6) is -1.56. The molecule has 0 spiro atoms. The van der Waals surface area contributed by atoms with Crippen molar-refractivity contribution in [3.8, 4) is 0 Å². The molecule has 2 fully saturated rings. The van der Waals surface area contributed by atoms with Crippen LogP contribution in [-0.2, 0) is 19.3 Å². The molecule has 4 atom stereocenters. The number of likely N-dealkylation sites (N-methyl/N-ethyl adjacent to an activating group) is 2. The molecule has 0 aliphatic carbocycles. The van der Waals surface area contributed by atoms with E-state index in [9.17, 15) is 19.2 Å². The largest absolute Gasteiger partial charge is 0.341 e. The van der Waals surface area contributed by atoms with Crippen molar-refractivity contribution in [3.05, 3.63) is 35.4 Å². The Bertz CT molecular complexity index is 794. The lowest BCUT2D eigenvalue weighted by molar-refractivity contribution is -0.140. The number of likely N-dealkylation sites (tertiary alicyclic amines) is 2. The highest BCUT2D eigenvalue weighted by Crippen LogP contribution is 2.20. The van der Waals surface area contributed by atoms with E-state index in [4.69, 9.17) is 9.68 Å². The van der Waals surface area contributed by atoms with Crippen LogP contribution in [0.5, 0.6) is 0 Å². The molecule has 10 nitrogen and oxygen atoms in total. The van der Waals surface area contributed by atoms with E-state index in [0.29, 0.717) is 12.8 Å². The SMILES string of the molecule is CC1C[C@@H](ONC(=O)c2cccc(C(=O)NO[C@@H]3CC(C)N(C)C3=O)c2)C(=O)N1C. The van der Waals surface area contributed by atoms with Crippen molar-refractivity contribution in [2.75, 3.05) is 14.1 Å². The molecular formula is C20H26N4O6. The van der Waals surface area contributed by atoms with Crippen LogP contribution in [0, 0.1) is 0 Å². The maximum absolute atomic E-state index is 12.4. The Hall–Kier alpha value is -2.98. The lowest BCUT2D eigenvalue weighted by Gasteiger charge is -2.14. The highest BCUT2D eigenvalue weighted by atomic mass is 16.7. The molecule has 0 bridgehead atoms. The van der Waals surface area contributed by atoms with Gasteiger partial charge in [-0.1, -0.05) is 6.07 Å².